The molecule has 0 bridgehead atoms. The highest BCUT2D eigenvalue weighted by Gasteiger charge is 2.31. The molecule has 1 atom stereocenters. The molecule has 156 valence electrons. The minimum absolute atomic E-state index is 0.213. The van der Waals surface area contributed by atoms with E-state index in [0.717, 1.165) is 55.1 Å². The number of rotatable bonds is 4. The third-order valence-corrected chi connectivity index (χ3v) is 5.88. The van der Waals surface area contributed by atoms with Gasteiger partial charge in [-0.25, -0.2) is 9.37 Å². The maximum Gasteiger partial charge on any atom is 0.228 e. The monoisotopic (exact) mass is 409 g/mol. The van der Waals surface area contributed by atoms with Crippen LogP contribution in [-0.4, -0.2) is 60.2 Å². The lowest BCUT2D eigenvalue weighted by molar-refractivity contribution is 0.122. The van der Waals surface area contributed by atoms with Crippen molar-refractivity contribution >= 4 is 18.0 Å². The molecule has 1 N–H and O–H groups in total. The quantitative estimate of drug-likeness (QED) is 0.836. The smallest absolute Gasteiger partial charge is 0.228 e. The number of nitrogens with zero attached hydrogens (tertiary/aromatic N) is 5. The van der Waals surface area contributed by atoms with Crippen LogP contribution in [0.25, 0.3) is 11.3 Å². The molecule has 3 aliphatic heterocycles. The largest absolute Gasteiger partial charge is 0.392 e. The van der Waals surface area contributed by atoms with Gasteiger partial charge in [0.15, 0.2) is 0 Å². The Balaban J connectivity index is 1.62. The fourth-order valence-corrected chi connectivity index (χ4v) is 4.26. The van der Waals surface area contributed by atoms with Gasteiger partial charge in [-0.2, -0.15) is 4.98 Å². The van der Waals surface area contributed by atoms with Crippen molar-refractivity contribution in [3.8, 4) is 11.3 Å². The van der Waals surface area contributed by atoms with Crippen LogP contribution in [0.2, 0.25) is 0 Å². The summed E-state index contributed by atoms with van der Waals surface area (Å²) in [6, 6.07) is 5.04. The first kappa shape index (κ1) is 19.1. The van der Waals surface area contributed by atoms with Crippen LogP contribution in [0, 0.1) is 5.82 Å². The van der Waals surface area contributed by atoms with Crippen LogP contribution >= 0.6 is 0 Å². The van der Waals surface area contributed by atoms with E-state index in [1.54, 1.807) is 12.1 Å². The highest BCUT2D eigenvalue weighted by molar-refractivity contribution is 5.74. The molecular formula is C22H24FN5O2. The Bertz CT molecular complexity index is 1000. The number of aliphatic hydroxyl groups excluding tert-OH is 1. The molecule has 5 rings (SSSR count). The van der Waals surface area contributed by atoms with Gasteiger partial charge in [0.25, 0.3) is 0 Å². The van der Waals surface area contributed by atoms with Gasteiger partial charge < -0.3 is 19.6 Å². The maximum absolute atomic E-state index is 14.0. The van der Waals surface area contributed by atoms with Gasteiger partial charge in [-0.05, 0) is 30.7 Å². The van der Waals surface area contributed by atoms with E-state index in [1.807, 2.05) is 12.4 Å². The molecule has 30 heavy (non-hydrogen) atoms. The molecule has 4 heterocycles. The van der Waals surface area contributed by atoms with Gasteiger partial charge in [0.1, 0.15) is 11.6 Å². The zero-order valence-electron chi connectivity index (χ0n) is 16.7. The molecule has 7 nitrogen and oxygen atoms in total. The Morgan fingerprint density at radius 3 is 2.80 bits per heavy atom. The van der Waals surface area contributed by atoms with Crippen molar-refractivity contribution < 1.29 is 14.2 Å². The van der Waals surface area contributed by atoms with Crippen molar-refractivity contribution in [2.75, 3.05) is 42.6 Å². The summed E-state index contributed by atoms with van der Waals surface area (Å²) in [5.74, 6) is 1.19. The zero-order chi connectivity index (χ0) is 20.5. The van der Waals surface area contributed by atoms with Crippen LogP contribution in [0.1, 0.15) is 17.5 Å². The molecule has 1 aromatic carbocycles. The Labute approximate surface area is 174 Å². The number of aliphatic imine (C=N–C) groups is 1. The number of aromatic nitrogens is 2. The van der Waals surface area contributed by atoms with Crippen molar-refractivity contribution in [1.82, 2.24) is 9.97 Å². The SMILES string of the molecule is OCc1cc(-c2nc(N3CCOCC3)nc3c2CCN3C2C=CN=CC2)ccc1F. The number of fused-ring (bicyclic) bond motifs is 1. The first-order chi connectivity index (χ1) is 14.7. The summed E-state index contributed by atoms with van der Waals surface area (Å²) in [4.78, 5) is 18.5. The maximum atomic E-state index is 14.0. The third kappa shape index (κ3) is 3.46. The van der Waals surface area contributed by atoms with Gasteiger partial charge in [-0.3, -0.25) is 4.99 Å². The van der Waals surface area contributed by atoms with Crippen LogP contribution in [0.4, 0.5) is 16.2 Å². The molecule has 3 aliphatic rings. The summed E-state index contributed by atoms with van der Waals surface area (Å²) in [7, 11) is 0. The molecule has 1 fully saturated rings. The average Bonchev–Trinajstić information content (AvgIpc) is 3.24. The molecule has 0 radical (unpaired) electrons. The second kappa shape index (κ2) is 8.12. The van der Waals surface area contributed by atoms with Crippen molar-refractivity contribution in [3.05, 3.63) is 47.4 Å². The van der Waals surface area contributed by atoms with Gasteiger partial charge >= 0.3 is 0 Å². The van der Waals surface area contributed by atoms with E-state index in [2.05, 4.69) is 20.9 Å². The van der Waals surface area contributed by atoms with Gasteiger partial charge in [-0.15, -0.1) is 0 Å². The molecule has 1 aromatic heterocycles. The minimum Gasteiger partial charge on any atom is -0.392 e. The lowest BCUT2D eigenvalue weighted by Crippen LogP contribution is -2.38. The summed E-state index contributed by atoms with van der Waals surface area (Å²) in [5, 5.41) is 9.53. The van der Waals surface area contributed by atoms with Crippen molar-refractivity contribution in [3.63, 3.8) is 0 Å². The molecule has 1 unspecified atom stereocenters. The highest BCUT2D eigenvalue weighted by Crippen LogP contribution is 2.37. The fraction of sp³-hybridized carbons (Fsp3) is 0.409. The molecule has 0 spiro atoms. The Morgan fingerprint density at radius 1 is 1.17 bits per heavy atom. The van der Waals surface area contributed by atoms with E-state index < -0.39 is 5.82 Å². The lowest BCUT2D eigenvalue weighted by atomic mass is 10.0. The van der Waals surface area contributed by atoms with Gasteiger partial charge in [-0.1, -0.05) is 0 Å². The molecule has 0 amide bonds. The Hall–Kier alpha value is -2.84. The van der Waals surface area contributed by atoms with Crippen LogP contribution in [0.5, 0.6) is 0 Å². The second-order valence-corrected chi connectivity index (χ2v) is 7.66. The van der Waals surface area contributed by atoms with Crippen LogP contribution in [0.15, 0.2) is 35.5 Å². The number of halogens is 1. The van der Waals surface area contributed by atoms with E-state index >= 15 is 0 Å². The second-order valence-electron chi connectivity index (χ2n) is 7.66. The number of ether oxygens (including phenoxy) is 1. The lowest BCUT2D eigenvalue weighted by Gasteiger charge is -2.30. The number of morpholine rings is 1. The Morgan fingerprint density at radius 2 is 2.03 bits per heavy atom. The molecule has 8 heteroatoms. The normalized spacial score (nSPS) is 20.7. The van der Waals surface area contributed by atoms with Crippen molar-refractivity contribution in [1.29, 1.82) is 0 Å². The third-order valence-electron chi connectivity index (χ3n) is 5.88. The van der Waals surface area contributed by atoms with Crippen LogP contribution in [-0.2, 0) is 17.8 Å². The number of hydrogen-bond acceptors (Lipinski definition) is 7. The van der Waals surface area contributed by atoms with E-state index in [1.165, 1.54) is 6.07 Å². The molecule has 0 saturated carbocycles. The number of anilines is 2. The number of benzene rings is 1. The molecular weight excluding hydrogens is 385 g/mol. The standard InChI is InChI=1S/C22H24FN5O2/c23-19-2-1-15(13-16(19)14-29)20-18-5-8-28(17-3-6-24-7-4-17)21(18)26-22(25-20)27-9-11-30-12-10-27/h1-3,6-7,13,17,29H,4-5,8-12,14H2. The predicted octanol–water partition coefficient (Wildman–Crippen LogP) is 2.33. The van der Waals surface area contributed by atoms with Crippen LogP contribution in [0.3, 0.4) is 0 Å². The topological polar surface area (TPSA) is 74.1 Å². The highest BCUT2D eigenvalue weighted by atomic mass is 19.1. The summed E-state index contributed by atoms with van der Waals surface area (Å²) < 4.78 is 19.5. The predicted molar refractivity (Wildman–Crippen MR) is 113 cm³/mol. The van der Waals surface area contributed by atoms with E-state index in [-0.39, 0.29) is 18.2 Å². The fourth-order valence-electron chi connectivity index (χ4n) is 4.26. The molecule has 1 saturated heterocycles. The summed E-state index contributed by atoms with van der Waals surface area (Å²) >= 11 is 0. The van der Waals surface area contributed by atoms with Gasteiger partial charge in [0.05, 0.1) is 31.6 Å². The number of aliphatic hydroxyl groups is 1. The molecule has 0 aliphatic carbocycles. The van der Waals surface area contributed by atoms with E-state index in [9.17, 15) is 9.50 Å². The van der Waals surface area contributed by atoms with Crippen molar-refractivity contribution in [2.45, 2.75) is 25.5 Å². The van der Waals surface area contributed by atoms with Crippen molar-refractivity contribution in [2.24, 2.45) is 4.99 Å². The summed E-state index contributed by atoms with van der Waals surface area (Å²) in [6.45, 7) is 3.26. The summed E-state index contributed by atoms with van der Waals surface area (Å²) in [6.07, 6.45) is 7.54. The summed E-state index contributed by atoms with van der Waals surface area (Å²) in [5.41, 5.74) is 2.95. The van der Waals surface area contributed by atoms with E-state index in [4.69, 9.17) is 14.7 Å². The number of hydrogen-bond donors (Lipinski definition) is 1. The zero-order valence-corrected chi connectivity index (χ0v) is 16.7. The Kier molecular flexibility index (Phi) is 5.18. The first-order valence-corrected chi connectivity index (χ1v) is 10.3. The minimum atomic E-state index is -0.409. The molecule has 2 aromatic rings. The van der Waals surface area contributed by atoms with Crippen LogP contribution < -0.4 is 9.80 Å². The van der Waals surface area contributed by atoms with Gasteiger partial charge in [0, 0.05) is 55.2 Å². The van der Waals surface area contributed by atoms with E-state index in [0.29, 0.717) is 19.2 Å². The van der Waals surface area contributed by atoms with Gasteiger partial charge in [0.2, 0.25) is 5.95 Å². The first-order valence-electron chi connectivity index (χ1n) is 10.3. The average molecular weight is 409 g/mol.